The van der Waals surface area contributed by atoms with Gasteiger partial charge in [-0.1, -0.05) is 0 Å². The van der Waals surface area contributed by atoms with Crippen molar-refractivity contribution in [1.29, 1.82) is 0 Å². The first-order valence-corrected chi connectivity index (χ1v) is 2.01. The maximum atomic E-state index is 10.1. The molecule has 0 amide bonds. The zero-order chi connectivity index (χ0) is 5.86. The lowest BCUT2D eigenvalue weighted by atomic mass is 10.4. The van der Waals surface area contributed by atoms with E-state index in [4.69, 9.17) is 0 Å². The molecule has 0 aliphatic heterocycles. The highest BCUT2D eigenvalue weighted by atomic mass is 16.9. The molecule has 0 aliphatic rings. The van der Waals surface area contributed by atoms with Crippen LogP contribution in [0.4, 0.5) is 0 Å². The van der Waals surface area contributed by atoms with E-state index in [2.05, 4.69) is 10.8 Å². The molecule has 0 radical (unpaired) electrons. The molecule has 0 aromatic rings. The fourth-order valence-corrected chi connectivity index (χ4v) is 0.122. The van der Waals surface area contributed by atoms with E-state index in [0.717, 1.165) is 0 Å². The molecule has 0 fully saturated rings. The summed E-state index contributed by atoms with van der Waals surface area (Å²) in [6.07, 6.45) is 0. The van der Waals surface area contributed by atoms with E-state index in [1.165, 1.54) is 0 Å². The molecule has 4 heteroatoms. The molecular weight excluding hydrogens is 96.0 g/mol. The maximum Gasteiger partial charge on any atom is 0.0181 e. The molecule has 0 rings (SSSR count). The van der Waals surface area contributed by atoms with Crippen LogP contribution in [0.5, 0.6) is 0 Å². The van der Waals surface area contributed by atoms with Crippen LogP contribution in [0, 0.1) is 5.21 Å². The second-order valence-corrected chi connectivity index (χ2v) is 1.48. The van der Waals surface area contributed by atoms with Crippen molar-refractivity contribution < 1.29 is 4.94 Å². The first-order chi connectivity index (χ1) is 3.18. The number of hydrogen-bond donors (Lipinski definition) is 1. The molecule has 0 bridgehead atoms. The van der Waals surface area contributed by atoms with Gasteiger partial charge in [-0.05, 0) is 13.8 Å². The van der Waals surface area contributed by atoms with Crippen LogP contribution in [-0.2, 0) is 4.94 Å². The maximum absolute atomic E-state index is 10.1. The second-order valence-electron chi connectivity index (χ2n) is 1.48. The van der Waals surface area contributed by atoms with Crippen molar-refractivity contribution in [2.75, 3.05) is 0 Å². The van der Waals surface area contributed by atoms with Crippen LogP contribution < -0.4 is 5.90 Å². The monoisotopic (exact) mass is 105 g/mol. The van der Waals surface area contributed by atoms with Gasteiger partial charge in [-0.3, -0.25) is 0 Å². The highest BCUT2D eigenvalue weighted by Gasteiger charge is 1.91. The average molecular weight is 105 g/mol. The first kappa shape index (κ1) is 6.84. The summed E-state index contributed by atoms with van der Waals surface area (Å²) >= 11 is 0. The summed E-state index contributed by atoms with van der Waals surface area (Å²) in [5.41, 5.74) is 0. The SMILES string of the molecule is CC(C)N([O-])ON. The fraction of sp³-hybridized carbons (Fsp3) is 1.00. The summed E-state index contributed by atoms with van der Waals surface area (Å²) in [5, 5.41) is 10.4. The van der Waals surface area contributed by atoms with Crippen LogP contribution in [-0.4, -0.2) is 11.3 Å². The van der Waals surface area contributed by atoms with Gasteiger partial charge >= 0.3 is 0 Å². The Labute approximate surface area is 42.3 Å². The Morgan fingerprint density at radius 2 is 2.14 bits per heavy atom. The zero-order valence-electron chi connectivity index (χ0n) is 4.42. The van der Waals surface area contributed by atoms with E-state index in [0.29, 0.717) is 5.23 Å². The third-order valence-corrected chi connectivity index (χ3v) is 0.526. The fourth-order valence-electron chi connectivity index (χ4n) is 0.122. The second kappa shape index (κ2) is 2.92. The Morgan fingerprint density at radius 1 is 1.71 bits per heavy atom. The van der Waals surface area contributed by atoms with Crippen molar-refractivity contribution in [1.82, 2.24) is 5.23 Å². The van der Waals surface area contributed by atoms with Gasteiger partial charge in [0.25, 0.3) is 0 Å². The summed E-state index contributed by atoms with van der Waals surface area (Å²) in [7, 11) is 0. The molecule has 0 heterocycles. The minimum absolute atomic E-state index is 0.204. The van der Waals surface area contributed by atoms with Gasteiger partial charge in [-0.25, -0.2) is 10.2 Å². The molecule has 0 aromatic carbocycles. The van der Waals surface area contributed by atoms with Gasteiger partial charge in [0, 0.05) is 6.04 Å². The highest BCUT2D eigenvalue weighted by Crippen LogP contribution is 1.89. The quantitative estimate of drug-likeness (QED) is 0.502. The van der Waals surface area contributed by atoms with E-state index in [1.807, 2.05) is 0 Å². The van der Waals surface area contributed by atoms with E-state index in [1.54, 1.807) is 13.8 Å². The number of hydroxylamine groups is 2. The number of nitrogens with zero attached hydrogens (tertiary/aromatic N) is 1. The molecule has 7 heavy (non-hydrogen) atoms. The number of rotatable bonds is 2. The summed E-state index contributed by atoms with van der Waals surface area (Å²) in [6, 6.07) is -0.204. The zero-order valence-corrected chi connectivity index (χ0v) is 4.42. The molecule has 0 atom stereocenters. The van der Waals surface area contributed by atoms with Crippen molar-refractivity contribution >= 4 is 0 Å². The Kier molecular flexibility index (Phi) is 2.86. The predicted molar refractivity (Wildman–Crippen MR) is 25.6 cm³/mol. The van der Waals surface area contributed by atoms with Gasteiger partial charge in [-0.2, -0.15) is 5.90 Å². The van der Waals surface area contributed by atoms with Crippen LogP contribution in [0.15, 0.2) is 0 Å². The molecule has 4 nitrogen and oxygen atoms in total. The lowest BCUT2D eigenvalue weighted by Gasteiger charge is -2.27. The molecule has 0 saturated heterocycles. The smallest absolute Gasteiger partial charge is 0.0181 e. The van der Waals surface area contributed by atoms with Gasteiger partial charge in [0.1, 0.15) is 0 Å². The van der Waals surface area contributed by atoms with Crippen molar-refractivity contribution in [2.24, 2.45) is 5.90 Å². The third-order valence-electron chi connectivity index (χ3n) is 0.526. The first-order valence-electron chi connectivity index (χ1n) is 2.01. The Morgan fingerprint density at radius 3 is 2.14 bits per heavy atom. The Hall–Kier alpha value is -0.160. The van der Waals surface area contributed by atoms with Crippen molar-refractivity contribution in [2.45, 2.75) is 19.9 Å². The van der Waals surface area contributed by atoms with E-state index < -0.39 is 0 Å². The number of nitrogens with two attached hydrogens (primary N) is 1. The van der Waals surface area contributed by atoms with Gasteiger partial charge in [0.05, 0.1) is 0 Å². The van der Waals surface area contributed by atoms with Crippen LogP contribution in [0.25, 0.3) is 0 Å². The van der Waals surface area contributed by atoms with Gasteiger partial charge < -0.3 is 5.21 Å². The molecule has 0 unspecified atom stereocenters. The van der Waals surface area contributed by atoms with Gasteiger partial charge in [0.15, 0.2) is 0 Å². The molecule has 0 aromatic heterocycles. The topological polar surface area (TPSA) is 61.5 Å². The molecule has 2 N–H and O–H groups in total. The van der Waals surface area contributed by atoms with E-state index in [-0.39, 0.29) is 6.04 Å². The summed E-state index contributed by atoms with van der Waals surface area (Å²) in [5.74, 6) is 4.49. The van der Waals surface area contributed by atoms with Gasteiger partial charge in [-0.15, -0.1) is 0 Å². The van der Waals surface area contributed by atoms with Gasteiger partial charge in [0.2, 0.25) is 0 Å². The van der Waals surface area contributed by atoms with Crippen LogP contribution in [0.2, 0.25) is 0 Å². The minimum atomic E-state index is -0.204. The third kappa shape index (κ3) is 2.52. The predicted octanol–water partition coefficient (Wildman–Crippen LogP) is -0.0001000. The largest absolute Gasteiger partial charge is 0.760 e. The molecule has 0 spiro atoms. The van der Waals surface area contributed by atoms with E-state index >= 15 is 0 Å². The molecular formula is C3H9N2O2-. The normalized spacial score (nSPS) is 11.1. The summed E-state index contributed by atoms with van der Waals surface area (Å²) < 4.78 is 0. The Balaban J connectivity index is 3.14. The van der Waals surface area contributed by atoms with Crippen LogP contribution in [0.1, 0.15) is 13.8 Å². The molecule has 44 valence electrons. The lowest BCUT2D eigenvalue weighted by Crippen LogP contribution is -2.27. The summed E-state index contributed by atoms with van der Waals surface area (Å²) in [4.78, 5) is 3.79. The number of hydrogen-bond acceptors (Lipinski definition) is 4. The summed E-state index contributed by atoms with van der Waals surface area (Å²) in [6.45, 7) is 3.36. The van der Waals surface area contributed by atoms with Crippen molar-refractivity contribution in [3.05, 3.63) is 5.21 Å². The Bertz CT molecular complexity index is 48.2. The van der Waals surface area contributed by atoms with Crippen LogP contribution in [0.3, 0.4) is 0 Å². The molecule has 0 aliphatic carbocycles. The highest BCUT2D eigenvalue weighted by molar-refractivity contribution is 4.47. The van der Waals surface area contributed by atoms with Crippen molar-refractivity contribution in [3.8, 4) is 0 Å². The standard InChI is InChI=1S/C3H9N2O2/c1-3(2)5(6)7-4/h3H,4H2,1-2H3/q-1. The average Bonchev–Trinajstić information content (AvgIpc) is 1.65. The molecule has 0 saturated carbocycles. The minimum Gasteiger partial charge on any atom is -0.760 e. The lowest BCUT2D eigenvalue weighted by molar-refractivity contribution is -0.144. The van der Waals surface area contributed by atoms with Crippen molar-refractivity contribution in [3.63, 3.8) is 0 Å². The van der Waals surface area contributed by atoms with Crippen LogP contribution >= 0.6 is 0 Å². The van der Waals surface area contributed by atoms with E-state index in [9.17, 15) is 5.21 Å².